The van der Waals surface area contributed by atoms with Gasteiger partial charge in [0.2, 0.25) is 0 Å². The normalized spacial score (nSPS) is 10.9. The van der Waals surface area contributed by atoms with Crippen LogP contribution in [0.4, 0.5) is 10.1 Å². The van der Waals surface area contributed by atoms with Crippen molar-refractivity contribution in [3.8, 4) is 11.4 Å². The van der Waals surface area contributed by atoms with Gasteiger partial charge in [-0.15, -0.1) is 10.2 Å². The molecule has 0 unspecified atom stereocenters. The zero-order valence-electron chi connectivity index (χ0n) is 16.0. The molecule has 0 aliphatic heterocycles. The molecule has 0 bridgehead atoms. The van der Waals surface area contributed by atoms with E-state index in [4.69, 9.17) is 4.74 Å². The SMILES string of the molecule is Cc1cc2nn(-c3ccc(F)cc3)nc2cc1NC(=O)COc1ccccc1C. The van der Waals surface area contributed by atoms with Gasteiger partial charge in [-0.3, -0.25) is 4.79 Å². The lowest BCUT2D eigenvalue weighted by Crippen LogP contribution is -2.20. The lowest BCUT2D eigenvalue weighted by molar-refractivity contribution is -0.118. The molecule has 146 valence electrons. The number of amides is 1. The highest BCUT2D eigenvalue weighted by atomic mass is 19.1. The minimum atomic E-state index is -0.320. The van der Waals surface area contributed by atoms with Crippen LogP contribution < -0.4 is 10.1 Å². The van der Waals surface area contributed by atoms with E-state index in [2.05, 4.69) is 15.5 Å². The number of ether oxygens (including phenoxy) is 1. The van der Waals surface area contributed by atoms with Crippen LogP contribution in [0, 0.1) is 19.7 Å². The van der Waals surface area contributed by atoms with Crippen LogP contribution in [0.5, 0.6) is 5.75 Å². The van der Waals surface area contributed by atoms with Gasteiger partial charge in [-0.25, -0.2) is 4.39 Å². The second kappa shape index (κ2) is 7.71. The molecular formula is C22H19FN4O2. The molecule has 0 fully saturated rings. The molecule has 0 atom stereocenters. The molecule has 6 nitrogen and oxygen atoms in total. The molecule has 4 aromatic rings. The minimum Gasteiger partial charge on any atom is -0.483 e. The van der Waals surface area contributed by atoms with Crippen molar-refractivity contribution in [3.05, 3.63) is 77.6 Å². The second-order valence-electron chi connectivity index (χ2n) is 6.72. The predicted molar refractivity (Wildman–Crippen MR) is 109 cm³/mol. The molecule has 0 radical (unpaired) electrons. The van der Waals surface area contributed by atoms with E-state index < -0.39 is 0 Å². The topological polar surface area (TPSA) is 69.0 Å². The number of halogens is 1. The standard InChI is InChI=1S/C22H19FN4O2/c1-14-5-3-4-6-21(14)29-13-22(28)24-18-12-20-19(11-15(18)2)25-27(26-20)17-9-7-16(23)8-10-17/h3-12H,13H2,1-2H3,(H,24,28). The molecule has 1 N–H and O–H groups in total. The number of nitrogens with one attached hydrogen (secondary N) is 1. The van der Waals surface area contributed by atoms with E-state index in [0.717, 1.165) is 11.1 Å². The van der Waals surface area contributed by atoms with Gasteiger partial charge in [-0.1, -0.05) is 18.2 Å². The van der Waals surface area contributed by atoms with E-state index in [1.807, 2.05) is 44.2 Å². The molecule has 4 rings (SSSR count). The summed E-state index contributed by atoms with van der Waals surface area (Å²) in [5.74, 6) is 0.0953. The number of nitrogens with zero attached hydrogens (tertiary/aromatic N) is 3. The second-order valence-corrected chi connectivity index (χ2v) is 6.72. The number of aromatic nitrogens is 3. The third-order valence-electron chi connectivity index (χ3n) is 4.51. The summed E-state index contributed by atoms with van der Waals surface area (Å²) in [5.41, 5.74) is 4.42. The number of rotatable bonds is 5. The molecule has 1 amide bonds. The van der Waals surface area contributed by atoms with Gasteiger partial charge >= 0.3 is 0 Å². The van der Waals surface area contributed by atoms with Crippen LogP contribution in [0.2, 0.25) is 0 Å². The number of fused-ring (bicyclic) bond motifs is 1. The Balaban J connectivity index is 1.51. The first-order chi connectivity index (χ1) is 14.0. The van der Waals surface area contributed by atoms with Crippen molar-refractivity contribution in [1.82, 2.24) is 15.0 Å². The van der Waals surface area contributed by atoms with Gasteiger partial charge in [-0.2, -0.15) is 4.80 Å². The van der Waals surface area contributed by atoms with Crippen molar-refractivity contribution in [2.24, 2.45) is 0 Å². The predicted octanol–water partition coefficient (Wildman–Crippen LogP) is 4.19. The van der Waals surface area contributed by atoms with Crippen LogP contribution in [-0.2, 0) is 4.79 Å². The lowest BCUT2D eigenvalue weighted by Gasteiger charge is -2.10. The smallest absolute Gasteiger partial charge is 0.262 e. The Kier molecular flexibility index (Phi) is 4.95. The van der Waals surface area contributed by atoms with E-state index in [9.17, 15) is 9.18 Å². The van der Waals surface area contributed by atoms with E-state index >= 15 is 0 Å². The maximum Gasteiger partial charge on any atom is 0.262 e. The van der Waals surface area contributed by atoms with Gasteiger partial charge in [0.15, 0.2) is 6.61 Å². The Hall–Kier alpha value is -3.74. The Morgan fingerprint density at radius 2 is 1.69 bits per heavy atom. The zero-order valence-corrected chi connectivity index (χ0v) is 16.0. The highest BCUT2D eigenvalue weighted by Crippen LogP contribution is 2.22. The van der Waals surface area contributed by atoms with E-state index in [1.165, 1.54) is 16.9 Å². The molecule has 7 heteroatoms. The lowest BCUT2D eigenvalue weighted by atomic mass is 10.1. The van der Waals surface area contributed by atoms with Crippen LogP contribution in [0.1, 0.15) is 11.1 Å². The summed E-state index contributed by atoms with van der Waals surface area (Å²) in [4.78, 5) is 13.8. The fourth-order valence-electron chi connectivity index (χ4n) is 2.94. The fraction of sp³-hybridized carbons (Fsp3) is 0.136. The molecule has 3 aromatic carbocycles. The first-order valence-corrected chi connectivity index (χ1v) is 9.11. The summed E-state index contributed by atoms with van der Waals surface area (Å²) in [6, 6.07) is 17.1. The first kappa shape index (κ1) is 18.6. The summed E-state index contributed by atoms with van der Waals surface area (Å²) in [6.45, 7) is 3.72. The van der Waals surface area contributed by atoms with Crippen LogP contribution in [0.3, 0.4) is 0 Å². The summed E-state index contributed by atoms with van der Waals surface area (Å²) < 4.78 is 18.7. The number of carbonyl (C=O) groups excluding carboxylic acids is 1. The fourth-order valence-corrected chi connectivity index (χ4v) is 2.94. The molecule has 0 saturated heterocycles. The van der Waals surface area contributed by atoms with E-state index in [0.29, 0.717) is 28.2 Å². The Morgan fingerprint density at radius 3 is 2.41 bits per heavy atom. The van der Waals surface area contributed by atoms with Crippen molar-refractivity contribution in [2.45, 2.75) is 13.8 Å². The van der Waals surface area contributed by atoms with E-state index in [1.54, 1.807) is 18.2 Å². The number of carbonyl (C=O) groups is 1. The van der Waals surface area contributed by atoms with Crippen molar-refractivity contribution in [2.75, 3.05) is 11.9 Å². The summed E-state index contributed by atoms with van der Waals surface area (Å²) in [6.07, 6.45) is 0. The number of hydrogen-bond acceptors (Lipinski definition) is 4. The van der Waals surface area contributed by atoms with E-state index in [-0.39, 0.29) is 18.3 Å². The molecule has 29 heavy (non-hydrogen) atoms. The average molecular weight is 390 g/mol. The van der Waals surface area contributed by atoms with Gasteiger partial charge in [0.05, 0.1) is 5.69 Å². The monoisotopic (exact) mass is 390 g/mol. The van der Waals surface area contributed by atoms with Crippen LogP contribution in [-0.4, -0.2) is 27.5 Å². The number of hydrogen-bond donors (Lipinski definition) is 1. The van der Waals surface area contributed by atoms with Crippen LogP contribution >= 0.6 is 0 Å². The van der Waals surface area contributed by atoms with Crippen molar-refractivity contribution in [3.63, 3.8) is 0 Å². The maximum atomic E-state index is 13.1. The largest absolute Gasteiger partial charge is 0.483 e. The molecule has 1 aromatic heterocycles. The molecule has 1 heterocycles. The third-order valence-corrected chi connectivity index (χ3v) is 4.51. The molecule has 0 saturated carbocycles. The van der Waals surface area contributed by atoms with Crippen molar-refractivity contribution < 1.29 is 13.9 Å². The zero-order chi connectivity index (χ0) is 20.4. The Bertz CT molecular complexity index is 1190. The van der Waals surface area contributed by atoms with Gasteiger partial charge in [0, 0.05) is 5.69 Å². The molecule has 0 aliphatic carbocycles. The summed E-state index contributed by atoms with van der Waals surface area (Å²) >= 11 is 0. The third kappa shape index (κ3) is 4.08. The van der Waals surface area contributed by atoms with Crippen LogP contribution in [0.25, 0.3) is 16.7 Å². The highest BCUT2D eigenvalue weighted by molar-refractivity contribution is 5.95. The van der Waals surface area contributed by atoms with Gasteiger partial charge < -0.3 is 10.1 Å². The molecular weight excluding hydrogens is 371 g/mol. The maximum absolute atomic E-state index is 13.1. The van der Waals surface area contributed by atoms with Gasteiger partial charge in [0.1, 0.15) is 22.6 Å². The Labute approximate surface area is 166 Å². The van der Waals surface area contributed by atoms with Crippen LogP contribution in [0.15, 0.2) is 60.7 Å². The highest BCUT2D eigenvalue weighted by Gasteiger charge is 2.11. The molecule has 0 aliphatic rings. The van der Waals surface area contributed by atoms with Gasteiger partial charge in [0.25, 0.3) is 5.91 Å². The molecule has 0 spiro atoms. The van der Waals surface area contributed by atoms with Crippen molar-refractivity contribution >= 4 is 22.6 Å². The number of para-hydroxylation sites is 1. The minimum absolute atomic E-state index is 0.0927. The summed E-state index contributed by atoms with van der Waals surface area (Å²) in [7, 11) is 0. The Morgan fingerprint density at radius 1 is 1.00 bits per heavy atom. The van der Waals surface area contributed by atoms with Gasteiger partial charge in [-0.05, 0) is 67.4 Å². The average Bonchev–Trinajstić information content (AvgIpc) is 3.11. The number of anilines is 1. The number of aryl methyl sites for hydroxylation is 2. The summed E-state index contributed by atoms with van der Waals surface area (Å²) in [5, 5.41) is 11.7. The van der Waals surface area contributed by atoms with Crippen molar-refractivity contribution in [1.29, 1.82) is 0 Å². The quantitative estimate of drug-likeness (QED) is 0.555. The first-order valence-electron chi connectivity index (χ1n) is 9.11. The number of benzene rings is 3.